The van der Waals surface area contributed by atoms with Gasteiger partial charge in [0.05, 0.1) is 4.47 Å². The van der Waals surface area contributed by atoms with Crippen molar-refractivity contribution in [1.82, 2.24) is 4.98 Å². The lowest BCUT2D eigenvalue weighted by Gasteiger charge is -2.04. The summed E-state index contributed by atoms with van der Waals surface area (Å²) >= 11 is 8.56. The Balaban J connectivity index is 2.27. The molecular formula is C12H9Br2NS. The molecule has 16 heavy (non-hydrogen) atoms. The van der Waals surface area contributed by atoms with Gasteiger partial charge in [-0.2, -0.15) is 0 Å². The van der Waals surface area contributed by atoms with Crippen LogP contribution in [0, 0.1) is 6.92 Å². The van der Waals surface area contributed by atoms with E-state index in [0.29, 0.717) is 0 Å². The van der Waals surface area contributed by atoms with E-state index in [2.05, 4.69) is 68.0 Å². The molecule has 0 aliphatic heterocycles. The number of nitrogens with zero attached hydrogens (tertiary/aromatic N) is 1. The monoisotopic (exact) mass is 357 g/mol. The van der Waals surface area contributed by atoms with Crippen molar-refractivity contribution in [2.75, 3.05) is 0 Å². The standard InChI is InChI=1S/C12H9Br2NS/c1-8-3-2-4-10(5-8)16-12-11(14)6-9(13)7-15-12/h2-7H,1H3. The van der Waals surface area contributed by atoms with E-state index in [0.717, 1.165) is 14.0 Å². The zero-order valence-electron chi connectivity index (χ0n) is 8.58. The van der Waals surface area contributed by atoms with Crippen LogP contribution >= 0.6 is 43.6 Å². The molecule has 1 aromatic heterocycles. The fourth-order valence-electron chi connectivity index (χ4n) is 1.27. The molecule has 0 saturated carbocycles. The third kappa shape index (κ3) is 3.09. The van der Waals surface area contributed by atoms with Gasteiger partial charge in [-0.25, -0.2) is 4.98 Å². The fraction of sp³-hybridized carbons (Fsp3) is 0.0833. The minimum absolute atomic E-state index is 0.980. The van der Waals surface area contributed by atoms with Gasteiger partial charge in [-0.3, -0.25) is 0 Å². The van der Waals surface area contributed by atoms with Crippen LogP contribution in [0.5, 0.6) is 0 Å². The van der Waals surface area contributed by atoms with Crippen LogP contribution in [0.15, 0.2) is 55.4 Å². The molecule has 1 heterocycles. The summed E-state index contributed by atoms with van der Waals surface area (Å²) in [5.41, 5.74) is 1.26. The average molecular weight is 359 g/mol. The van der Waals surface area contributed by atoms with E-state index < -0.39 is 0 Å². The Hall–Kier alpha value is -0.320. The average Bonchev–Trinajstić information content (AvgIpc) is 2.22. The maximum atomic E-state index is 4.37. The van der Waals surface area contributed by atoms with Crippen LogP contribution in [0.2, 0.25) is 0 Å². The van der Waals surface area contributed by atoms with Crippen molar-refractivity contribution in [1.29, 1.82) is 0 Å². The number of hydrogen-bond donors (Lipinski definition) is 0. The second-order valence-electron chi connectivity index (χ2n) is 3.36. The molecule has 0 saturated heterocycles. The minimum Gasteiger partial charge on any atom is -0.247 e. The van der Waals surface area contributed by atoms with Gasteiger partial charge >= 0.3 is 0 Å². The summed E-state index contributed by atoms with van der Waals surface area (Å²) in [6, 6.07) is 10.4. The van der Waals surface area contributed by atoms with E-state index in [-0.39, 0.29) is 0 Å². The first-order valence-corrected chi connectivity index (χ1v) is 7.11. The molecule has 0 bridgehead atoms. The van der Waals surface area contributed by atoms with Crippen LogP contribution < -0.4 is 0 Å². The lowest BCUT2D eigenvalue weighted by Crippen LogP contribution is -1.82. The maximum absolute atomic E-state index is 4.37. The summed E-state index contributed by atoms with van der Waals surface area (Å²) in [6.45, 7) is 2.09. The van der Waals surface area contributed by atoms with E-state index in [1.807, 2.05) is 12.3 Å². The number of halogens is 2. The van der Waals surface area contributed by atoms with Crippen LogP contribution in [-0.4, -0.2) is 4.98 Å². The third-order valence-corrected chi connectivity index (χ3v) is 4.29. The molecular weight excluding hydrogens is 350 g/mol. The van der Waals surface area contributed by atoms with Gasteiger partial charge in [0.15, 0.2) is 0 Å². The van der Waals surface area contributed by atoms with Crippen molar-refractivity contribution < 1.29 is 0 Å². The number of pyridine rings is 1. The van der Waals surface area contributed by atoms with Crippen molar-refractivity contribution in [2.45, 2.75) is 16.8 Å². The number of aryl methyl sites for hydroxylation is 1. The van der Waals surface area contributed by atoms with Crippen molar-refractivity contribution in [3.63, 3.8) is 0 Å². The molecule has 0 atom stereocenters. The number of rotatable bonds is 2. The largest absolute Gasteiger partial charge is 0.247 e. The Labute approximate surface area is 116 Å². The van der Waals surface area contributed by atoms with Crippen molar-refractivity contribution in [3.8, 4) is 0 Å². The quantitative estimate of drug-likeness (QED) is 0.743. The number of hydrogen-bond acceptors (Lipinski definition) is 2. The SMILES string of the molecule is Cc1cccc(Sc2ncc(Br)cc2Br)c1. The molecule has 0 radical (unpaired) electrons. The van der Waals surface area contributed by atoms with E-state index in [1.54, 1.807) is 11.8 Å². The summed E-state index contributed by atoms with van der Waals surface area (Å²) in [4.78, 5) is 5.58. The number of benzene rings is 1. The van der Waals surface area contributed by atoms with Crippen molar-refractivity contribution in [3.05, 3.63) is 51.0 Å². The van der Waals surface area contributed by atoms with Gasteiger partial charge in [-0.15, -0.1) is 0 Å². The normalized spacial score (nSPS) is 10.4. The highest BCUT2D eigenvalue weighted by Gasteiger charge is 2.04. The van der Waals surface area contributed by atoms with Crippen LogP contribution in [0.3, 0.4) is 0 Å². The van der Waals surface area contributed by atoms with Crippen molar-refractivity contribution >= 4 is 43.6 Å². The maximum Gasteiger partial charge on any atom is 0.115 e. The van der Waals surface area contributed by atoms with Gasteiger partial charge < -0.3 is 0 Å². The predicted molar refractivity (Wildman–Crippen MR) is 74.9 cm³/mol. The zero-order chi connectivity index (χ0) is 11.5. The van der Waals surface area contributed by atoms with Gasteiger partial charge in [0, 0.05) is 15.6 Å². The first-order chi connectivity index (χ1) is 7.65. The topological polar surface area (TPSA) is 12.9 Å². The van der Waals surface area contributed by atoms with Gasteiger partial charge in [0.1, 0.15) is 5.03 Å². The summed E-state index contributed by atoms with van der Waals surface area (Å²) < 4.78 is 1.99. The first-order valence-electron chi connectivity index (χ1n) is 4.71. The first kappa shape index (κ1) is 12.1. The summed E-state index contributed by atoms with van der Waals surface area (Å²) in [6.07, 6.45) is 1.81. The molecule has 4 heteroatoms. The molecule has 1 nitrogen and oxygen atoms in total. The zero-order valence-corrected chi connectivity index (χ0v) is 12.6. The Bertz CT molecular complexity index is 514. The van der Waals surface area contributed by atoms with Gasteiger partial charge in [-0.1, -0.05) is 29.5 Å². The van der Waals surface area contributed by atoms with E-state index in [4.69, 9.17) is 0 Å². The lowest BCUT2D eigenvalue weighted by atomic mass is 10.2. The van der Waals surface area contributed by atoms with Crippen molar-refractivity contribution in [2.24, 2.45) is 0 Å². The molecule has 0 unspecified atom stereocenters. The highest BCUT2D eigenvalue weighted by atomic mass is 79.9. The highest BCUT2D eigenvalue weighted by Crippen LogP contribution is 2.33. The Morgan fingerprint density at radius 2 is 2.00 bits per heavy atom. The second kappa shape index (κ2) is 5.34. The summed E-state index contributed by atoms with van der Waals surface area (Å²) in [7, 11) is 0. The molecule has 0 amide bonds. The minimum atomic E-state index is 0.980. The van der Waals surface area contributed by atoms with E-state index in [9.17, 15) is 0 Å². The van der Waals surface area contributed by atoms with E-state index in [1.165, 1.54) is 10.5 Å². The molecule has 2 aromatic rings. The van der Waals surface area contributed by atoms with Gasteiger partial charge in [-0.05, 0) is 57.0 Å². The van der Waals surface area contributed by atoms with Crippen LogP contribution in [0.1, 0.15) is 5.56 Å². The smallest absolute Gasteiger partial charge is 0.115 e. The molecule has 0 fully saturated rings. The Morgan fingerprint density at radius 1 is 1.19 bits per heavy atom. The van der Waals surface area contributed by atoms with Crippen LogP contribution in [0.4, 0.5) is 0 Å². The molecule has 1 aromatic carbocycles. The molecule has 2 rings (SSSR count). The molecule has 0 N–H and O–H groups in total. The lowest BCUT2D eigenvalue weighted by molar-refractivity contribution is 1.10. The highest BCUT2D eigenvalue weighted by molar-refractivity contribution is 9.11. The van der Waals surface area contributed by atoms with Gasteiger partial charge in [0.2, 0.25) is 0 Å². The molecule has 0 aliphatic carbocycles. The Kier molecular flexibility index (Phi) is 4.05. The van der Waals surface area contributed by atoms with Crippen LogP contribution in [0.25, 0.3) is 0 Å². The number of aromatic nitrogens is 1. The third-order valence-electron chi connectivity index (χ3n) is 1.98. The molecule has 0 aliphatic rings. The van der Waals surface area contributed by atoms with E-state index >= 15 is 0 Å². The summed E-state index contributed by atoms with van der Waals surface area (Å²) in [5, 5.41) is 0.980. The summed E-state index contributed by atoms with van der Waals surface area (Å²) in [5.74, 6) is 0. The van der Waals surface area contributed by atoms with Gasteiger partial charge in [0.25, 0.3) is 0 Å². The molecule has 82 valence electrons. The second-order valence-corrected chi connectivity index (χ2v) is 6.19. The fourth-order valence-corrected chi connectivity index (χ4v) is 3.37. The predicted octanol–water partition coefficient (Wildman–Crippen LogP) is 5.07. The molecule has 0 spiro atoms. The Morgan fingerprint density at radius 3 is 2.69 bits per heavy atom. The van der Waals surface area contributed by atoms with Crippen LogP contribution in [-0.2, 0) is 0 Å².